The van der Waals surface area contributed by atoms with Crippen molar-refractivity contribution in [3.05, 3.63) is 156 Å². The molecule has 0 spiro atoms. The van der Waals surface area contributed by atoms with Crippen molar-refractivity contribution in [3.63, 3.8) is 0 Å². The van der Waals surface area contributed by atoms with Crippen molar-refractivity contribution in [3.8, 4) is 0 Å². The van der Waals surface area contributed by atoms with Crippen LogP contribution in [-0.4, -0.2) is 133 Å². The van der Waals surface area contributed by atoms with E-state index in [1.165, 1.54) is 15.4 Å². The van der Waals surface area contributed by atoms with Crippen LogP contribution >= 0.6 is 0 Å². The Hall–Kier alpha value is -5.41. The second-order valence-corrected chi connectivity index (χ2v) is 26.7. The highest BCUT2D eigenvalue weighted by Gasteiger charge is 2.44. The topological polar surface area (TPSA) is 205 Å². The summed E-state index contributed by atoms with van der Waals surface area (Å²) in [6, 6.07) is 42.9. The number of carbonyl (C=O) groups is 1. The van der Waals surface area contributed by atoms with E-state index >= 15 is 0 Å². The van der Waals surface area contributed by atoms with Crippen molar-refractivity contribution in [2.75, 3.05) is 77.2 Å². The fraction of sp³-hybridized carbons (Fsp3) is 0.492. The van der Waals surface area contributed by atoms with Gasteiger partial charge >= 0.3 is 6.09 Å². The summed E-state index contributed by atoms with van der Waals surface area (Å²) >= 11 is 0. The number of aliphatic hydroxyl groups is 1. The lowest BCUT2D eigenvalue weighted by Gasteiger charge is -2.36. The van der Waals surface area contributed by atoms with Gasteiger partial charge in [-0.05, 0) is 109 Å². The van der Waals surface area contributed by atoms with Gasteiger partial charge in [0.25, 0.3) is 0 Å². The number of sulfonamides is 2. The van der Waals surface area contributed by atoms with E-state index in [2.05, 4.69) is 72.8 Å². The first-order valence-corrected chi connectivity index (χ1v) is 30.5. The molecule has 0 aliphatic carbocycles. The molecule has 2 aliphatic heterocycles. The zero-order valence-electron chi connectivity index (χ0n) is 47.6. The molecular formula is C61H87N7O9S2. The molecule has 0 saturated carbocycles. The zero-order chi connectivity index (χ0) is 57.2. The number of nitrogens with one attached hydrogen (secondary N) is 3. The molecule has 5 atom stereocenters. The average Bonchev–Trinajstić information content (AvgIpc) is 4.08. The third-order valence-electron chi connectivity index (χ3n) is 14.4. The summed E-state index contributed by atoms with van der Waals surface area (Å²) in [5.74, 6) is 0.205. The average molecular weight is 1130 g/mol. The molecule has 5 aromatic carbocycles. The number of hydrogen-bond acceptors (Lipinski definition) is 13. The Morgan fingerprint density at radius 1 is 0.696 bits per heavy atom. The zero-order valence-corrected chi connectivity index (χ0v) is 49.2. The van der Waals surface area contributed by atoms with Gasteiger partial charge in [-0.1, -0.05) is 145 Å². The van der Waals surface area contributed by atoms with Crippen LogP contribution in [0.25, 0.3) is 0 Å². The van der Waals surface area contributed by atoms with Crippen LogP contribution in [0.3, 0.4) is 0 Å². The number of hydrogen-bond donors (Lipinski definition) is 5. The number of fused-ring (bicyclic) bond motifs is 1. The van der Waals surface area contributed by atoms with Crippen LogP contribution < -0.4 is 21.7 Å². The maximum atomic E-state index is 14.6. The minimum atomic E-state index is -4.12. The van der Waals surface area contributed by atoms with Crippen molar-refractivity contribution in [1.82, 2.24) is 18.8 Å². The first kappa shape index (κ1) is 62.8. The van der Waals surface area contributed by atoms with Crippen molar-refractivity contribution in [1.29, 1.82) is 0 Å². The normalized spacial score (nSPS) is 17.5. The molecule has 432 valence electrons. The van der Waals surface area contributed by atoms with Crippen molar-refractivity contribution < 1.29 is 40.9 Å². The van der Waals surface area contributed by atoms with Crippen molar-refractivity contribution in [2.24, 2.45) is 28.4 Å². The van der Waals surface area contributed by atoms with Gasteiger partial charge in [-0.15, -0.1) is 0 Å². The molecule has 16 nitrogen and oxygen atoms in total. The van der Waals surface area contributed by atoms with Gasteiger partial charge in [-0.25, -0.2) is 21.6 Å². The standard InChI is InChI=1S/C44H56N4O7S.C17H31N3O2S/c1-44(2,23-24-47(28-34-16-9-5-10-17-34)29-35-18-11-6-12-19-35)32-48(56(51,52)37-21-13-20-36(27-37)45-3)30-40(49)39(26-33-14-7-4-8-15-33)46-43(50)55-41-31-54-42-38(41)22-25-53-42;1-14(2)12-20(13-17(3,4)9-10-18)23(21,22)16-8-6-7-15(11-16)19-5/h4-21,27,38-42,45,49H,22-26,28-32H2,1-3H3,(H,46,50);6-8,11,14,19H,9-10,12-13,18H2,1-5H3/t38-,39-,40+,41-,42+;/m0./s1. The lowest BCUT2D eigenvalue weighted by molar-refractivity contribution is -0.0907. The van der Waals surface area contributed by atoms with Crippen molar-refractivity contribution in [2.45, 2.75) is 115 Å². The fourth-order valence-corrected chi connectivity index (χ4v) is 13.6. The van der Waals surface area contributed by atoms with Gasteiger partial charge in [-0.3, -0.25) is 4.90 Å². The molecule has 0 bridgehead atoms. The minimum Gasteiger partial charge on any atom is -0.443 e. The van der Waals surface area contributed by atoms with Gasteiger partial charge in [0.1, 0.15) is 6.10 Å². The number of anilines is 2. The largest absolute Gasteiger partial charge is 0.443 e. The molecule has 0 aromatic heterocycles. The summed E-state index contributed by atoms with van der Waals surface area (Å²) in [7, 11) is -4.12. The van der Waals surface area contributed by atoms with Crippen LogP contribution in [0, 0.1) is 22.7 Å². The van der Waals surface area contributed by atoms with Gasteiger partial charge < -0.3 is 41.0 Å². The maximum absolute atomic E-state index is 14.6. The Morgan fingerprint density at radius 3 is 1.68 bits per heavy atom. The van der Waals surface area contributed by atoms with Crippen LogP contribution in [0.5, 0.6) is 0 Å². The highest BCUT2D eigenvalue weighted by atomic mass is 32.2. The van der Waals surface area contributed by atoms with Crippen LogP contribution in [0.1, 0.15) is 77.5 Å². The predicted molar refractivity (Wildman–Crippen MR) is 314 cm³/mol. The number of nitrogens with zero attached hydrogens (tertiary/aromatic N) is 3. The van der Waals surface area contributed by atoms with Gasteiger partial charge in [0.05, 0.1) is 41.1 Å². The molecule has 2 saturated heterocycles. The monoisotopic (exact) mass is 1130 g/mol. The summed E-state index contributed by atoms with van der Waals surface area (Å²) in [6.45, 7) is 16.7. The quantitative estimate of drug-likeness (QED) is 0.0318. The van der Waals surface area contributed by atoms with E-state index in [9.17, 15) is 26.7 Å². The number of rotatable bonds is 28. The Labute approximate surface area is 471 Å². The molecule has 2 aliphatic rings. The molecule has 7 rings (SSSR count). The van der Waals surface area contributed by atoms with Gasteiger partial charge in [-0.2, -0.15) is 8.61 Å². The number of alkyl carbamates (subject to hydrolysis) is 1. The fourth-order valence-electron chi connectivity index (χ4n) is 10.0. The third-order valence-corrected chi connectivity index (χ3v) is 18.0. The lowest BCUT2D eigenvalue weighted by Crippen LogP contribution is -2.52. The van der Waals surface area contributed by atoms with E-state index < -0.39 is 49.8 Å². The predicted octanol–water partition coefficient (Wildman–Crippen LogP) is 9.05. The molecule has 79 heavy (non-hydrogen) atoms. The molecule has 1 amide bonds. The summed E-state index contributed by atoms with van der Waals surface area (Å²) < 4.78 is 75.5. The first-order valence-electron chi connectivity index (χ1n) is 27.6. The highest BCUT2D eigenvalue weighted by molar-refractivity contribution is 7.89. The molecule has 18 heteroatoms. The Bertz CT molecular complexity index is 2820. The van der Waals surface area contributed by atoms with Gasteiger partial charge in [0.15, 0.2) is 6.29 Å². The molecule has 5 aromatic rings. The van der Waals surface area contributed by atoms with Crippen LogP contribution in [-0.2, 0) is 53.8 Å². The van der Waals surface area contributed by atoms with E-state index in [-0.39, 0.29) is 54.6 Å². The number of ether oxygens (including phenoxy) is 3. The highest BCUT2D eigenvalue weighted by Crippen LogP contribution is 2.34. The SMILES string of the molecule is CNc1cccc(S(=O)(=O)N(CC(C)C)CC(C)(C)CCN)c1.CNc1cccc(S(=O)(=O)N(C[C@@H](O)[C@H](Cc2ccccc2)NC(=O)O[C@H]2CO[C@H]3OCC[C@H]32)CC(C)(C)CCN(Cc2ccccc2)Cc2ccccc2)c1. The van der Waals surface area contributed by atoms with E-state index in [0.29, 0.717) is 49.8 Å². The van der Waals surface area contributed by atoms with Crippen molar-refractivity contribution >= 4 is 37.5 Å². The molecule has 0 unspecified atom stereocenters. The second-order valence-electron chi connectivity index (χ2n) is 22.8. The Balaban J connectivity index is 0.000000368. The minimum absolute atomic E-state index is 0.0502. The van der Waals surface area contributed by atoms with Gasteiger partial charge in [0.2, 0.25) is 20.0 Å². The number of aliphatic hydroxyl groups excluding tert-OH is 1. The Kier molecular flexibility index (Phi) is 23.3. The molecule has 2 heterocycles. The number of benzene rings is 5. The molecule has 6 N–H and O–H groups in total. The van der Waals surface area contributed by atoms with E-state index in [1.54, 1.807) is 60.9 Å². The number of nitrogens with two attached hydrogens (primary N) is 1. The van der Waals surface area contributed by atoms with Crippen LogP contribution in [0.15, 0.2) is 149 Å². The van der Waals surface area contributed by atoms with Gasteiger partial charge in [0, 0.05) is 64.7 Å². The van der Waals surface area contributed by atoms with Crippen LogP contribution in [0.2, 0.25) is 0 Å². The number of carbonyl (C=O) groups excluding carboxylic acids is 1. The maximum Gasteiger partial charge on any atom is 0.407 e. The molecule has 0 radical (unpaired) electrons. The Morgan fingerprint density at radius 2 is 1.19 bits per heavy atom. The summed E-state index contributed by atoms with van der Waals surface area (Å²) in [5.41, 5.74) is 9.72. The molecule has 2 fully saturated rings. The summed E-state index contributed by atoms with van der Waals surface area (Å²) in [5, 5.41) is 20.9. The third kappa shape index (κ3) is 19.1. The first-order chi connectivity index (χ1) is 37.6. The summed E-state index contributed by atoms with van der Waals surface area (Å²) in [4.78, 5) is 16.3. The molecular weight excluding hydrogens is 1040 g/mol. The summed E-state index contributed by atoms with van der Waals surface area (Å²) in [6.07, 6.45) is -0.384. The van der Waals surface area contributed by atoms with E-state index in [1.807, 2.05) is 86.6 Å². The lowest BCUT2D eigenvalue weighted by atomic mass is 9.88. The van der Waals surface area contributed by atoms with Crippen LogP contribution in [0.4, 0.5) is 16.2 Å². The second kappa shape index (κ2) is 29.3. The van der Waals surface area contributed by atoms with E-state index in [0.717, 1.165) is 37.2 Å². The van der Waals surface area contributed by atoms with E-state index in [4.69, 9.17) is 19.9 Å². The smallest absolute Gasteiger partial charge is 0.407 e. The number of amides is 1.